The number of amides is 1. The summed E-state index contributed by atoms with van der Waals surface area (Å²) in [6.07, 6.45) is 1.03. The monoisotopic (exact) mass is 498 g/mol. The predicted molar refractivity (Wildman–Crippen MR) is 138 cm³/mol. The number of nitrogens with one attached hydrogen (secondary N) is 1. The van der Waals surface area contributed by atoms with Crippen molar-refractivity contribution >= 4 is 23.5 Å². The van der Waals surface area contributed by atoms with Gasteiger partial charge in [0.1, 0.15) is 0 Å². The first-order valence-corrected chi connectivity index (χ1v) is 13.5. The van der Waals surface area contributed by atoms with Gasteiger partial charge in [-0.2, -0.15) is 11.8 Å². The highest BCUT2D eigenvalue weighted by molar-refractivity contribution is 7.99. The van der Waals surface area contributed by atoms with Crippen LogP contribution in [0.3, 0.4) is 0 Å². The molecule has 2 fully saturated rings. The summed E-state index contributed by atoms with van der Waals surface area (Å²) in [4.78, 5) is 29.3. The number of nitrogens with zero attached hydrogens (tertiary/aromatic N) is 1. The number of ether oxygens (including phenoxy) is 3. The zero-order valence-corrected chi connectivity index (χ0v) is 21.3. The molecule has 1 N–H and O–H groups in total. The van der Waals surface area contributed by atoms with Crippen LogP contribution in [0, 0.1) is 0 Å². The maximum Gasteiger partial charge on any atom is 0.252 e. The molecule has 35 heavy (non-hydrogen) atoms. The molecule has 8 heteroatoms. The molecule has 2 aliphatic heterocycles. The lowest BCUT2D eigenvalue weighted by Crippen LogP contribution is -2.59. The average Bonchev–Trinajstić information content (AvgIpc) is 3.39. The summed E-state index contributed by atoms with van der Waals surface area (Å²) in [5.74, 6) is 2.74. The summed E-state index contributed by atoms with van der Waals surface area (Å²) in [5.41, 5.74) is 1.14. The van der Waals surface area contributed by atoms with Gasteiger partial charge in [0.05, 0.1) is 32.0 Å². The Labute approximate surface area is 211 Å². The predicted octanol–water partition coefficient (Wildman–Crippen LogP) is 3.65. The Morgan fingerprint density at radius 2 is 1.74 bits per heavy atom. The van der Waals surface area contributed by atoms with Crippen LogP contribution in [0.4, 0.5) is 0 Å². The Balaban J connectivity index is 1.53. The molecule has 0 aliphatic carbocycles. The van der Waals surface area contributed by atoms with Gasteiger partial charge < -0.3 is 19.5 Å². The Bertz CT molecular complexity index is 1030. The van der Waals surface area contributed by atoms with Gasteiger partial charge in [0.2, 0.25) is 0 Å². The molecule has 1 atom stereocenters. The first-order valence-electron chi connectivity index (χ1n) is 12.3. The topological polar surface area (TPSA) is 77.1 Å². The van der Waals surface area contributed by atoms with Crippen LogP contribution in [0.15, 0.2) is 42.5 Å². The Hall–Kier alpha value is -2.55. The molecule has 7 nitrogen and oxygen atoms in total. The number of benzene rings is 2. The van der Waals surface area contributed by atoms with Crippen molar-refractivity contribution in [2.45, 2.75) is 25.8 Å². The first-order chi connectivity index (χ1) is 17.1. The van der Waals surface area contributed by atoms with Crippen LogP contribution in [0.1, 0.15) is 46.5 Å². The maximum absolute atomic E-state index is 13.5. The number of ketones is 1. The highest BCUT2D eigenvalue weighted by Crippen LogP contribution is 2.34. The zero-order valence-electron chi connectivity index (χ0n) is 20.5. The van der Waals surface area contributed by atoms with Crippen molar-refractivity contribution in [2.75, 3.05) is 57.6 Å². The Morgan fingerprint density at radius 3 is 2.43 bits per heavy atom. The van der Waals surface area contributed by atoms with E-state index in [1.165, 1.54) is 0 Å². The van der Waals surface area contributed by atoms with Crippen LogP contribution in [0.2, 0.25) is 0 Å². The summed E-state index contributed by atoms with van der Waals surface area (Å²) in [7, 11) is 0. The Kier molecular flexibility index (Phi) is 8.70. The van der Waals surface area contributed by atoms with Crippen LogP contribution >= 0.6 is 11.8 Å². The molecule has 1 amide bonds. The molecule has 0 aromatic heterocycles. The van der Waals surface area contributed by atoms with Gasteiger partial charge in [0.15, 0.2) is 17.3 Å². The highest BCUT2D eigenvalue weighted by atomic mass is 32.2. The lowest BCUT2D eigenvalue weighted by Gasteiger charge is -2.43. The average molecular weight is 499 g/mol. The van der Waals surface area contributed by atoms with Gasteiger partial charge in [-0.3, -0.25) is 14.5 Å². The van der Waals surface area contributed by atoms with Crippen LogP contribution in [0.25, 0.3) is 0 Å². The van der Waals surface area contributed by atoms with Crippen molar-refractivity contribution in [2.24, 2.45) is 0 Å². The van der Waals surface area contributed by atoms with E-state index in [0.29, 0.717) is 47.9 Å². The molecule has 2 saturated heterocycles. The number of hydrogen-bond donors (Lipinski definition) is 1. The van der Waals surface area contributed by atoms with Crippen LogP contribution < -0.4 is 14.8 Å². The fraction of sp³-hybridized carbons (Fsp3) is 0.481. The summed E-state index contributed by atoms with van der Waals surface area (Å²) < 4.78 is 16.8. The van der Waals surface area contributed by atoms with Crippen molar-refractivity contribution < 1.29 is 23.8 Å². The summed E-state index contributed by atoms with van der Waals surface area (Å²) >= 11 is 1.93. The van der Waals surface area contributed by atoms with E-state index in [-0.39, 0.29) is 17.2 Å². The van der Waals surface area contributed by atoms with E-state index in [4.69, 9.17) is 14.2 Å². The van der Waals surface area contributed by atoms with E-state index in [0.717, 1.165) is 44.2 Å². The molecule has 4 rings (SSSR count). The highest BCUT2D eigenvalue weighted by Gasteiger charge is 2.41. The number of morpholine rings is 1. The largest absolute Gasteiger partial charge is 0.490 e. The van der Waals surface area contributed by atoms with Gasteiger partial charge in [-0.1, -0.05) is 18.2 Å². The van der Waals surface area contributed by atoms with Gasteiger partial charge in [-0.15, -0.1) is 0 Å². The molecular weight excluding hydrogens is 464 g/mol. The second-order valence-corrected chi connectivity index (χ2v) is 9.82. The van der Waals surface area contributed by atoms with Gasteiger partial charge in [0, 0.05) is 42.1 Å². The number of thioether (sulfide) groups is 1. The lowest BCUT2D eigenvalue weighted by atomic mass is 9.94. The van der Waals surface area contributed by atoms with Crippen molar-refractivity contribution in [1.29, 1.82) is 0 Å². The van der Waals surface area contributed by atoms with Crippen LogP contribution in [-0.4, -0.2) is 79.7 Å². The van der Waals surface area contributed by atoms with E-state index in [1.54, 1.807) is 42.5 Å². The Morgan fingerprint density at radius 1 is 1.03 bits per heavy atom. The molecular formula is C27H34N2O5S. The molecule has 2 aromatic carbocycles. The molecule has 0 radical (unpaired) electrons. The fourth-order valence-corrected chi connectivity index (χ4v) is 6.18. The van der Waals surface area contributed by atoms with Gasteiger partial charge >= 0.3 is 0 Å². The molecule has 0 saturated carbocycles. The molecule has 2 aliphatic rings. The van der Waals surface area contributed by atoms with Gasteiger partial charge in [0.25, 0.3) is 5.91 Å². The van der Waals surface area contributed by atoms with E-state index in [1.807, 2.05) is 25.6 Å². The molecule has 2 aromatic rings. The maximum atomic E-state index is 13.5. The minimum absolute atomic E-state index is 0.0649. The molecule has 0 spiro atoms. The van der Waals surface area contributed by atoms with Crippen molar-refractivity contribution in [3.8, 4) is 11.5 Å². The zero-order chi connectivity index (χ0) is 24.7. The smallest absolute Gasteiger partial charge is 0.252 e. The molecule has 0 unspecified atom stereocenters. The standard InChI is InChI=1S/C27H34N2O5S/c1-3-33-23-10-9-20(17-24(23)34-4-2)25(30)21-7-5-6-8-22(21)26(31)28-18-27(11-16-35-19-27)29-12-14-32-15-13-29/h5-10,17H,3-4,11-16,18-19H2,1-2H3,(H,28,31)/t27-/m0/s1. The van der Waals surface area contributed by atoms with Gasteiger partial charge in [-0.05, 0) is 50.3 Å². The number of hydrogen-bond acceptors (Lipinski definition) is 7. The summed E-state index contributed by atoms with van der Waals surface area (Å²) in [6.45, 7) is 8.51. The van der Waals surface area contributed by atoms with Crippen molar-refractivity contribution in [1.82, 2.24) is 10.2 Å². The molecule has 2 heterocycles. The molecule has 188 valence electrons. The summed E-state index contributed by atoms with van der Waals surface area (Å²) in [6, 6.07) is 12.1. The minimum Gasteiger partial charge on any atom is -0.490 e. The quantitative estimate of drug-likeness (QED) is 0.501. The van der Waals surface area contributed by atoms with Crippen LogP contribution in [0.5, 0.6) is 11.5 Å². The molecule has 0 bridgehead atoms. The van der Waals surface area contributed by atoms with Crippen molar-refractivity contribution in [3.63, 3.8) is 0 Å². The van der Waals surface area contributed by atoms with E-state index < -0.39 is 0 Å². The third-order valence-corrected chi connectivity index (χ3v) is 7.80. The van der Waals surface area contributed by atoms with Crippen molar-refractivity contribution in [3.05, 3.63) is 59.2 Å². The minimum atomic E-state index is -0.227. The first kappa shape index (κ1) is 25.5. The van der Waals surface area contributed by atoms with E-state index in [9.17, 15) is 9.59 Å². The SMILES string of the molecule is CCOc1ccc(C(=O)c2ccccc2C(=O)NC[C@@]2(N3CCOCC3)CCSC2)cc1OCC. The van der Waals surface area contributed by atoms with Crippen LogP contribution in [-0.2, 0) is 4.74 Å². The van der Waals surface area contributed by atoms with E-state index in [2.05, 4.69) is 10.2 Å². The number of carbonyl (C=O) groups excluding carboxylic acids is 2. The second kappa shape index (κ2) is 11.9. The van der Waals surface area contributed by atoms with Gasteiger partial charge in [-0.25, -0.2) is 0 Å². The number of rotatable bonds is 10. The fourth-order valence-electron chi connectivity index (χ4n) is 4.70. The van der Waals surface area contributed by atoms with E-state index >= 15 is 0 Å². The summed E-state index contributed by atoms with van der Waals surface area (Å²) in [5, 5.41) is 3.15. The second-order valence-electron chi connectivity index (χ2n) is 8.71. The third-order valence-electron chi connectivity index (χ3n) is 6.56. The normalized spacial score (nSPS) is 20.4. The number of carbonyl (C=O) groups is 2. The lowest BCUT2D eigenvalue weighted by molar-refractivity contribution is -0.0129. The third kappa shape index (κ3) is 5.82.